The molecule has 0 spiro atoms. The first kappa shape index (κ1) is 19.6. The summed E-state index contributed by atoms with van der Waals surface area (Å²) in [6, 6.07) is 10.8. The summed E-state index contributed by atoms with van der Waals surface area (Å²) in [6.07, 6.45) is 5.14. The number of aliphatic hydroxyl groups excluding tert-OH is 1. The number of benzene rings is 1. The van der Waals surface area contributed by atoms with E-state index in [0.29, 0.717) is 5.92 Å². The van der Waals surface area contributed by atoms with Gasteiger partial charge < -0.3 is 14.6 Å². The van der Waals surface area contributed by atoms with E-state index in [1.54, 1.807) is 0 Å². The number of piperidine rings is 2. The van der Waals surface area contributed by atoms with Crippen molar-refractivity contribution < 1.29 is 5.11 Å². The zero-order valence-corrected chi connectivity index (χ0v) is 17.0. The second kappa shape index (κ2) is 9.16. The molecule has 4 rings (SSSR count). The van der Waals surface area contributed by atoms with Crippen LogP contribution in [0.5, 0.6) is 0 Å². The molecule has 2 saturated heterocycles. The number of hydrogen-bond acceptors (Lipinski definition) is 5. The molecule has 2 fully saturated rings. The van der Waals surface area contributed by atoms with Crippen molar-refractivity contribution in [2.24, 2.45) is 7.05 Å². The molecular weight excluding hydrogens is 350 g/mol. The summed E-state index contributed by atoms with van der Waals surface area (Å²) in [7, 11) is 2.12. The van der Waals surface area contributed by atoms with Crippen LogP contribution in [0.4, 0.5) is 0 Å². The summed E-state index contributed by atoms with van der Waals surface area (Å²) < 4.78 is 2.22. The Morgan fingerprint density at radius 3 is 2.57 bits per heavy atom. The molecule has 2 aromatic rings. The second-order valence-corrected chi connectivity index (χ2v) is 8.42. The third-order valence-electron chi connectivity index (χ3n) is 6.35. The summed E-state index contributed by atoms with van der Waals surface area (Å²) in [5, 5.41) is 18.8. The fourth-order valence-corrected chi connectivity index (χ4v) is 4.55. The van der Waals surface area contributed by atoms with Crippen LogP contribution in [0.15, 0.2) is 30.3 Å². The first-order valence-electron chi connectivity index (χ1n) is 10.7. The fourth-order valence-electron chi connectivity index (χ4n) is 4.55. The Hall–Kier alpha value is -1.76. The minimum atomic E-state index is -0.129. The minimum absolute atomic E-state index is 0.129. The quantitative estimate of drug-likeness (QED) is 0.829. The van der Waals surface area contributed by atoms with Crippen LogP contribution in [0, 0.1) is 0 Å². The number of rotatable bonds is 6. The lowest BCUT2D eigenvalue weighted by Gasteiger charge is -2.32. The average molecular weight is 384 g/mol. The van der Waals surface area contributed by atoms with Gasteiger partial charge in [0, 0.05) is 39.1 Å². The maximum atomic E-state index is 9.70. The van der Waals surface area contributed by atoms with Crippen LogP contribution in [0.25, 0.3) is 0 Å². The number of hydrogen-bond donors (Lipinski definition) is 1. The molecule has 2 aliphatic rings. The van der Waals surface area contributed by atoms with Gasteiger partial charge >= 0.3 is 0 Å². The molecule has 6 nitrogen and oxygen atoms in total. The van der Waals surface area contributed by atoms with Gasteiger partial charge in [-0.05, 0) is 44.2 Å². The Labute approximate surface area is 168 Å². The smallest absolute Gasteiger partial charge is 0.146 e. The molecule has 2 aliphatic heterocycles. The Balaban J connectivity index is 1.34. The molecule has 0 bridgehead atoms. The van der Waals surface area contributed by atoms with E-state index in [1.165, 1.54) is 24.9 Å². The topological polar surface area (TPSA) is 57.4 Å². The number of nitrogens with zero attached hydrogens (tertiary/aromatic N) is 5. The summed E-state index contributed by atoms with van der Waals surface area (Å²) in [5.41, 5.74) is 1.41. The highest BCUT2D eigenvalue weighted by atomic mass is 16.3. The molecule has 6 heteroatoms. The van der Waals surface area contributed by atoms with E-state index < -0.39 is 0 Å². The van der Waals surface area contributed by atoms with Crippen LogP contribution in [0.2, 0.25) is 0 Å². The molecule has 1 aromatic heterocycles. The fraction of sp³-hybridized carbons (Fsp3) is 0.636. The van der Waals surface area contributed by atoms with Gasteiger partial charge in [0.1, 0.15) is 11.6 Å². The normalized spacial score (nSPS) is 22.6. The zero-order valence-electron chi connectivity index (χ0n) is 17.0. The molecule has 1 aromatic carbocycles. The van der Waals surface area contributed by atoms with Gasteiger partial charge in [-0.2, -0.15) is 0 Å². The highest BCUT2D eigenvalue weighted by molar-refractivity contribution is 5.15. The molecule has 0 saturated carbocycles. The van der Waals surface area contributed by atoms with Crippen LogP contribution in [0.1, 0.15) is 48.8 Å². The molecule has 0 unspecified atom stereocenters. The van der Waals surface area contributed by atoms with E-state index in [4.69, 9.17) is 0 Å². The SMILES string of the molecule is Cn1c(CN2CCC(O)CC2)nnc1[C@H]1CCCN(CCc2ccccc2)C1. The van der Waals surface area contributed by atoms with E-state index >= 15 is 0 Å². The van der Waals surface area contributed by atoms with Gasteiger partial charge in [0.15, 0.2) is 0 Å². The maximum absolute atomic E-state index is 9.70. The molecule has 0 aliphatic carbocycles. The molecule has 1 N–H and O–H groups in total. The molecule has 28 heavy (non-hydrogen) atoms. The first-order valence-corrected chi connectivity index (χ1v) is 10.7. The number of aliphatic hydroxyl groups is 1. The predicted octanol–water partition coefficient (Wildman–Crippen LogP) is 2.19. The van der Waals surface area contributed by atoms with Crippen molar-refractivity contribution in [2.75, 3.05) is 32.7 Å². The monoisotopic (exact) mass is 383 g/mol. The van der Waals surface area contributed by atoms with E-state index in [-0.39, 0.29) is 6.10 Å². The van der Waals surface area contributed by atoms with Gasteiger partial charge in [0.25, 0.3) is 0 Å². The van der Waals surface area contributed by atoms with Crippen molar-refractivity contribution in [3.8, 4) is 0 Å². The summed E-state index contributed by atoms with van der Waals surface area (Å²) in [5.74, 6) is 2.66. The van der Waals surface area contributed by atoms with Crippen LogP contribution in [0.3, 0.4) is 0 Å². The van der Waals surface area contributed by atoms with Crippen LogP contribution in [-0.4, -0.2) is 68.5 Å². The zero-order chi connectivity index (χ0) is 19.3. The first-order chi connectivity index (χ1) is 13.7. The van der Waals surface area contributed by atoms with E-state index in [1.807, 2.05) is 0 Å². The van der Waals surface area contributed by atoms with Gasteiger partial charge in [0.2, 0.25) is 0 Å². The molecular formula is C22H33N5O. The third-order valence-corrected chi connectivity index (χ3v) is 6.35. The summed E-state index contributed by atoms with van der Waals surface area (Å²) in [6.45, 7) is 6.10. The van der Waals surface area contributed by atoms with Crippen molar-refractivity contribution in [1.82, 2.24) is 24.6 Å². The van der Waals surface area contributed by atoms with Crippen molar-refractivity contribution in [3.63, 3.8) is 0 Å². The summed E-state index contributed by atoms with van der Waals surface area (Å²) in [4.78, 5) is 4.97. The van der Waals surface area contributed by atoms with E-state index in [2.05, 4.69) is 61.9 Å². The predicted molar refractivity (Wildman–Crippen MR) is 110 cm³/mol. The van der Waals surface area contributed by atoms with Crippen molar-refractivity contribution in [3.05, 3.63) is 47.5 Å². The van der Waals surface area contributed by atoms with E-state index in [0.717, 1.165) is 63.6 Å². The molecule has 0 radical (unpaired) electrons. The Morgan fingerprint density at radius 2 is 1.79 bits per heavy atom. The minimum Gasteiger partial charge on any atom is -0.393 e. The van der Waals surface area contributed by atoms with Crippen molar-refractivity contribution >= 4 is 0 Å². The van der Waals surface area contributed by atoms with Crippen LogP contribution < -0.4 is 0 Å². The molecule has 3 heterocycles. The van der Waals surface area contributed by atoms with Crippen LogP contribution >= 0.6 is 0 Å². The standard InChI is InChI=1S/C22H33N5O/c1-25-21(17-27-14-10-20(28)11-15-27)23-24-22(25)19-8-5-12-26(16-19)13-9-18-6-3-2-4-7-18/h2-4,6-7,19-20,28H,5,8-17H2,1H3/t19-/m0/s1. The van der Waals surface area contributed by atoms with Crippen molar-refractivity contribution in [1.29, 1.82) is 0 Å². The highest BCUT2D eigenvalue weighted by Crippen LogP contribution is 2.26. The van der Waals surface area contributed by atoms with Gasteiger partial charge in [-0.1, -0.05) is 30.3 Å². The van der Waals surface area contributed by atoms with Gasteiger partial charge in [0.05, 0.1) is 12.6 Å². The average Bonchev–Trinajstić information content (AvgIpc) is 3.09. The van der Waals surface area contributed by atoms with Gasteiger partial charge in [-0.15, -0.1) is 10.2 Å². The number of likely N-dealkylation sites (tertiary alicyclic amines) is 2. The summed E-state index contributed by atoms with van der Waals surface area (Å²) >= 11 is 0. The third kappa shape index (κ3) is 4.80. The van der Waals surface area contributed by atoms with Crippen LogP contribution in [-0.2, 0) is 20.0 Å². The Morgan fingerprint density at radius 1 is 1.00 bits per heavy atom. The van der Waals surface area contributed by atoms with Crippen molar-refractivity contribution in [2.45, 2.75) is 50.7 Å². The maximum Gasteiger partial charge on any atom is 0.146 e. The number of aromatic nitrogens is 3. The lowest BCUT2D eigenvalue weighted by atomic mass is 9.96. The highest BCUT2D eigenvalue weighted by Gasteiger charge is 2.26. The Kier molecular flexibility index (Phi) is 6.40. The lowest BCUT2D eigenvalue weighted by Crippen LogP contribution is -2.37. The lowest BCUT2D eigenvalue weighted by molar-refractivity contribution is 0.0775. The largest absolute Gasteiger partial charge is 0.393 e. The second-order valence-electron chi connectivity index (χ2n) is 8.42. The molecule has 0 amide bonds. The Bertz CT molecular complexity index is 739. The molecule has 152 valence electrons. The van der Waals surface area contributed by atoms with Gasteiger partial charge in [-0.3, -0.25) is 4.90 Å². The molecule has 1 atom stereocenters. The van der Waals surface area contributed by atoms with Gasteiger partial charge in [-0.25, -0.2) is 0 Å². The van der Waals surface area contributed by atoms with E-state index in [9.17, 15) is 5.11 Å².